The average Bonchev–Trinajstić information content (AvgIpc) is 3.13. The summed E-state index contributed by atoms with van der Waals surface area (Å²) >= 11 is 0. The van der Waals surface area contributed by atoms with E-state index < -0.39 is 48.1 Å². The van der Waals surface area contributed by atoms with Crippen LogP contribution in [-0.2, 0) is 19.1 Å². The summed E-state index contributed by atoms with van der Waals surface area (Å²) in [6.45, 7) is -0.702. The van der Waals surface area contributed by atoms with Gasteiger partial charge in [0.05, 0.1) is 13.2 Å². The summed E-state index contributed by atoms with van der Waals surface area (Å²) in [6.07, 6.45) is -4.31. The first kappa shape index (κ1) is 18.0. The van der Waals surface area contributed by atoms with Crippen LogP contribution >= 0.6 is 0 Å². The van der Waals surface area contributed by atoms with Gasteiger partial charge in [-0.1, -0.05) is 0 Å². The number of ether oxygens (including phenoxy) is 1. The van der Waals surface area contributed by atoms with Gasteiger partial charge >= 0.3 is 24.0 Å². The van der Waals surface area contributed by atoms with Gasteiger partial charge in [-0.25, -0.2) is 4.79 Å². The first-order valence-corrected chi connectivity index (χ1v) is 8.18. The number of rotatable bonds is 0. The number of likely N-dealkylation sites (tertiary alicyclic amines) is 2. The van der Waals surface area contributed by atoms with E-state index in [0.29, 0.717) is 12.8 Å². The molecule has 0 saturated carbocycles. The Hall–Kier alpha value is -1.84. The van der Waals surface area contributed by atoms with Crippen LogP contribution < -0.4 is 0 Å². The molecule has 0 bridgehead atoms. The van der Waals surface area contributed by atoms with Crippen molar-refractivity contribution in [1.82, 2.24) is 9.80 Å². The number of halogens is 3. The van der Waals surface area contributed by atoms with Gasteiger partial charge < -0.3 is 19.6 Å². The molecule has 0 aromatic heterocycles. The number of carbonyl (C=O) groups excluding carboxylic acids is 3. The van der Waals surface area contributed by atoms with E-state index >= 15 is 0 Å². The van der Waals surface area contributed by atoms with Crippen molar-refractivity contribution >= 4 is 17.8 Å². The molecule has 2 unspecified atom stereocenters. The number of amides is 2. The third-order valence-corrected chi connectivity index (χ3v) is 5.33. The second-order valence-electron chi connectivity index (χ2n) is 6.84. The van der Waals surface area contributed by atoms with Crippen molar-refractivity contribution in [3.63, 3.8) is 0 Å². The molecule has 0 aromatic carbocycles. The summed E-state index contributed by atoms with van der Waals surface area (Å²) in [5.41, 5.74) is -4.20. The van der Waals surface area contributed by atoms with Crippen LogP contribution in [0.2, 0.25) is 0 Å². The highest BCUT2D eigenvalue weighted by Crippen LogP contribution is 2.39. The van der Waals surface area contributed by atoms with E-state index in [1.54, 1.807) is 0 Å². The maximum absolute atomic E-state index is 13.0. The maximum atomic E-state index is 13.0. The Balaban J connectivity index is 1.77. The number of carbonyl (C=O) groups is 3. The standard InChI is InChI=1S/C15H19F3N2O5/c16-15(17,18)14(24)4-2-6-19(9-14)10(21)11(22)20-7-1-3-13(20)5-8-25-12(13)23/h24H,1-9H2. The van der Waals surface area contributed by atoms with E-state index in [1.807, 2.05) is 0 Å². The van der Waals surface area contributed by atoms with Gasteiger partial charge in [-0.05, 0) is 25.7 Å². The molecule has 3 fully saturated rings. The fourth-order valence-corrected chi connectivity index (χ4v) is 3.89. The molecule has 10 heteroatoms. The highest BCUT2D eigenvalue weighted by molar-refractivity contribution is 6.35. The molecule has 3 saturated heterocycles. The monoisotopic (exact) mass is 364 g/mol. The average molecular weight is 364 g/mol. The van der Waals surface area contributed by atoms with Crippen molar-refractivity contribution in [3.05, 3.63) is 0 Å². The maximum Gasteiger partial charge on any atom is 0.418 e. The Morgan fingerprint density at radius 3 is 2.36 bits per heavy atom. The normalized spacial score (nSPS) is 33.0. The van der Waals surface area contributed by atoms with Crippen LogP contribution in [0.3, 0.4) is 0 Å². The van der Waals surface area contributed by atoms with Gasteiger partial charge in [-0.3, -0.25) is 9.59 Å². The van der Waals surface area contributed by atoms with E-state index in [-0.39, 0.29) is 32.5 Å². The van der Waals surface area contributed by atoms with Gasteiger partial charge in [0.25, 0.3) is 0 Å². The summed E-state index contributed by atoms with van der Waals surface area (Å²) in [6, 6.07) is 0. The molecule has 25 heavy (non-hydrogen) atoms. The van der Waals surface area contributed by atoms with Crippen LogP contribution in [0, 0.1) is 0 Å². The van der Waals surface area contributed by atoms with Gasteiger partial charge in [0.1, 0.15) is 5.54 Å². The predicted octanol–water partition coefficient (Wildman–Crippen LogP) is 0.210. The van der Waals surface area contributed by atoms with Crippen LogP contribution in [0.1, 0.15) is 32.1 Å². The smallest absolute Gasteiger partial charge is 0.418 e. The topological polar surface area (TPSA) is 87.2 Å². The Kier molecular flexibility index (Phi) is 4.21. The Morgan fingerprint density at radius 2 is 1.76 bits per heavy atom. The van der Waals surface area contributed by atoms with Crippen LogP contribution in [0.4, 0.5) is 13.2 Å². The minimum atomic E-state index is -4.89. The number of aliphatic hydroxyl groups is 1. The summed E-state index contributed by atoms with van der Waals surface area (Å²) in [4.78, 5) is 38.9. The molecule has 2 atom stereocenters. The minimum Gasteiger partial charge on any atom is -0.464 e. The first-order valence-electron chi connectivity index (χ1n) is 8.18. The van der Waals surface area contributed by atoms with Crippen molar-refractivity contribution in [3.8, 4) is 0 Å². The molecule has 0 aliphatic carbocycles. The van der Waals surface area contributed by atoms with Gasteiger partial charge in [0, 0.05) is 19.5 Å². The summed E-state index contributed by atoms with van der Waals surface area (Å²) in [7, 11) is 0. The zero-order chi connectivity index (χ0) is 18.5. The van der Waals surface area contributed by atoms with Crippen LogP contribution in [0.25, 0.3) is 0 Å². The molecule has 1 spiro atoms. The molecule has 2 amide bonds. The molecule has 3 rings (SSSR count). The minimum absolute atomic E-state index is 0.0474. The summed E-state index contributed by atoms with van der Waals surface area (Å²) < 4.78 is 44.0. The first-order chi connectivity index (χ1) is 11.6. The third-order valence-electron chi connectivity index (χ3n) is 5.33. The Labute approximate surface area is 141 Å². The third kappa shape index (κ3) is 2.76. The van der Waals surface area contributed by atoms with Gasteiger partial charge in [-0.2, -0.15) is 13.2 Å². The number of nitrogens with zero attached hydrogens (tertiary/aromatic N) is 2. The van der Waals surface area contributed by atoms with Crippen molar-refractivity contribution in [2.45, 2.75) is 49.4 Å². The number of β-amino-alcohol motifs (C(OH)–C–C–N with tert-alkyl or cyclic N) is 1. The zero-order valence-corrected chi connectivity index (χ0v) is 13.5. The second-order valence-corrected chi connectivity index (χ2v) is 6.84. The molecule has 3 aliphatic rings. The molecular weight excluding hydrogens is 345 g/mol. The van der Waals surface area contributed by atoms with Gasteiger partial charge in [0.2, 0.25) is 0 Å². The number of cyclic esters (lactones) is 1. The number of hydrogen-bond donors (Lipinski definition) is 1. The van der Waals surface area contributed by atoms with E-state index in [1.165, 1.54) is 0 Å². The Bertz CT molecular complexity index is 606. The van der Waals surface area contributed by atoms with Crippen LogP contribution in [0.15, 0.2) is 0 Å². The summed E-state index contributed by atoms with van der Waals surface area (Å²) in [5.74, 6) is -2.71. The SMILES string of the molecule is O=C(C(=O)N1CCCC12CCOC2=O)N1CCCC(O)(C(F)(F)F)C1. The number of alkyl halides is 3. The lowest BCUT2D eigenvalue weighted by Crippen LogP contribution is -2.61. The molecule has 140 valence electrons. The van der Waals surface area contributed by atoms with Gasteiger partial charge in [-0.15, -0.1) is 0 Å². The lowest BCUT2D eigenvalue weighted by atomic mass is 9.91. The van der Waals surface area contributed by atoms with E-state index in [9.17, 15) is 32.7 Å². The number of hydrogen-bond acceptors (Lipinski definition) is 5. The van der Waals surface area contributed by atoms with Crippen LogP contribution in [-0.4, -0.2) is 76.2 Å². The molecule has 3 heterocycles. The number of piperidine rings is 1. The summed E-state index contributed by atoms with van der Waals surface area (Å²) in [5, 5.41) is 9.80. The molecule has 1 N–H and O–H groups in total. The highest BCUT2D eigenvalue weighted by Gasteiger charge is 2.58. The lowest BCUT2D eigenvalue weighted by Gasteiger charge is -2.40. The van der Waals surface area contributed by atoms with E-state index in [4.69, 9.17) is 4.74 Å². The van der Waals surface area contributed by atoms with E-state index in [0.717, 1.165) is 9.80 Å². The Morgan fingerprint density at radius 1 is 1.08 bits per heavy atom. The lowest BCUT2D eigenvalue weighted by molar-refractivity contribution is -0.272. The number of esters is 1. The fraction of sp³-hybridized carbons (Fsp3) is 0.800. The van der Waals surface area contributed by atoms with Crippen molar-refractivity contribution in [2.24, 2.45) is 0 Å². The van der Waals surface area contributed by atoms with Crippen molar-refractivity contribution in [2.75, 3.05) is 26.2 Å². The van der Waals surface area contributed by atoms with E-state index in [2.05, 4.69) is 0 Å². The fourth-order valence-electron chi connectivity index (χ4n) is 3.89. The molecule has 3 aliphatic heterocycles. The van der Waals surface area contributed by atoms with Crippen molar-refractivity contribution < 1.29 is 37.4 Å². The molecule has 7 nitrogen and oxygen atoms in total. The molecule has 0 radical (unpaired) electrons. The highest BCUT2D eigenvalue weighted by atomic mass is 19.4. The quantitative estimate of drug-likeness (QED) is 0.491. The molecular formula is C15H19F3N2O5. The second kappa shape index (κ2) is 5.86. The van der Waals surface area contributed by atoms with Crippen LogP contribution in [0.5, 0.6) is 0 Å². The zero-order valence-electron chi connectivity index (χ0n) is 13.5. The van der Waals surface area contributed by atoms with Gasteiger partial charge in [0.15, 0.2) is 5.60 Å². The largest absolute Gasteiger partial charge is 0.464 e. The molecule has 0 aromatic rings. The predicted molar refractivity (Wildman–Crippen MR) is 76.1 cm³/mol. The van der Waals surface area contributed by atoms with Crippen molar-refractivity contribution in [1.29, 1.82) is 0 Å².